The smallest absolute Gasteiger partial charge is 0.331 e. The van der Waals surface area contributed by atoms with E-state index in [2.05, 4.69) is 0 Å². The van der Waals surface area contributed by atoms with Gasteiger partial charge in [0.1, 0.15) is 18.3 Å². The van der Waals surface area contributed by atoms with E-state index in [0.29, 0.717) is 6.42 Å². The molecule has 3 rings (SSSR count). The minimum Gasteiger partial charge on any atom is -0.472 e. The molecular weight excluding hydrogens is 352 g/mol. The molecule has 7 heteroatoms. The molecule has 0 amide bonds. The Balaban J connectivity index is 2.09. The zero-order valence-electron chi connectivity index (χ0n) is 15.7. The molecule has 1 aromatic heterocycles. The van der Waals surface area contributed by atoms with Crippen LogP contribution in [-0.4, -0.2) is 36.2 Å². The molecule has 0 spiro atoms. The molecule has 0 saturated heterocycles. The van der Waals surface area contributed by atoms with Crippen molar-refractivity contribution in [2.45, 2.75) is 70.7 Å². The first-order valence-electron chi connectivity index (χ1n) is 9.19. The van der Waals surface area contributed by atoms with Crippen molar-refractivity contribution in [3.05, 3.63) is 35.3 Å². The molecule has 0 aromatic carbocycles. The van der Waals surface area contributed by atoms with Crippen LogP contribution in [0.15, 0.2) is 28.6 Å². The van der Waals surface area contributed by atoms with Gasteiger partial charge in [-0.3, -0.25) is 9.59 Å². The van der Waals surface area contributed by atoms with Gasteiger partial charge in [-0.1, -0.05) is 13.3 Å². The van der Waals surface area contributed by atoms with Crippen molar-refractivity contribution in [3.63, 3.8) is 0 Å². The van der Waals surface area contributed by atoms with Gasteiger partial charge < -0.3 is 18.6 Å². The van der Waals surface area contributed by atoms with E-state index in [9.17, 15) is 14.4 Å². The molecule has 1 aliphatic carbocycles. The largest absolute Gasteiger partial charge is 0.472 e. The summed E-state index contributed by atoms with van der Waals surface area (Å²) in [5.74, 6) is -1.54. The van der Waals surface area contributed by atoms with Crippen LogP contribution in [0.4, 0.5) is 0 Å². The number of rotatable bonds is 4. The van der Waals surface area contributed by atoms with Gasteiger partial charge in [-0.25, -0.2) is 4.79 Å². The maximum absolute atomic E-state index is 11.8. The predicted molar refractivity (Wildman–Crippen MR) is 93.7 cm³/mol. The Kier molecular flexibility index (Phi) is 5.68. The highest BCUT2D eigenvalue weighted by molar-refractivity contribution is 5.86. The predicted octanol–water partition coefficient (Wildman–Crippen LogP) is 2.82. The van der Waals surface area contributed by atoms with Crippen LogP contribution in [0.1, 0.15) is 57.1 Å². The highest BCUT2D eigenvalue weighted by Crippen LogP contribution is 2.39. The zero-order chi connectivity index (χ0) is 19.6. The molecular formula is C20H24O7. The summed E-state index contributed by atoms with van der Waals surface area (Å²) < 4.78 is 22.0. The van der Waals surface area contributed by atoms with Gasteiger partial charge in [-0.15, -0.1) is 0 Å². The Morgan fingerprint density at radius 3 is 2.59 bits per heavy atom. The third-order valence-electron chi connectivity index (χ3n) is 4.97. The van der Waals surface area contributed by atoms with E-state index in [1.54, 1.807) is 12.5 Å². The number of esters is 3. The van der Waals surface area contributed by atoms with Crippen LogP contribution >= 0.6 is 0 Å². The van der Waals surface area contributed by atoms with E-state index in [0.717, 1.165) is 29.5 Å². The van der Waals surface area contributed by atoms with Crippen LogP contribution in [0, 0.1) is 0 Å². The number of carbonyl (C=O) groups excluding carboxylic acids is 3. The molecule has 7 nitrogen and oxygen atoms in total. The molecule has 0 bridgehead atoms. The Bertz CT molecular complexity index is 760. The van der Waals surface area contributed by atoms with Crippen molar-refractivity contribution in [1.29, 1.82) is 0 Å². The lowest BCUT2D eigenvalue weighted by molar-refractivity contribution is -0.170. The molecule has 0 N–H and O–H groups in total. The topological polar surface area (TPSA) is 92.0 Å². The Labute approximate surface area is 157 Å². The maximum Gasteiger partial charge on any atom is 0.331 e. The van der Waals surface area contributed by atoms with Gasteiger partial charge in [0.25, 0.3) is 0 Å². The number of hydrogen-bond acceptors (Lipinski definition) is 7. The SMILES string of the molecule is CCC[C@H]1c2cocc2CC2=CC(=O)O[C@@H]2C[C@@H](OC(C)=O)[C@H]1OC(C)=O. The summed E-state index contributed by atoms with van der Waals surface area (Å²) in [4.78, 5) is 35.4. The average Bonchev–Trinajstić information content (AvgIpc) is 3.16. The van der Waals surface area contributed by atoms with Crippen molar-refractivity contribution in [2.75, 3.05) is 0 Å². The van der Waals surface area contributed by atoms with Crippen molar-refractivity contribution in [3.8, 4) is 0 Å². The molecule has 2 aliphatic rings. The Hall–Kier alpha value is -2.57. The quantitative estimate of drug-likeness (QED) is 0.589. The third kappa shape index (κ3) is 4.23. The van der Waals surface area contributed by atoms with Crippen molar-refractivity contribution in [1.82, 2.24) is 0 Å². The summed E-state index contributed by atoms with van der Waals surface area (Å²) in [7, 11) is 0. The molecule has 0 radical (unpaired) electrons. The summed E-state index contributed by atoms with van der Waals surface area (Å²) in [6.45, 7) is 4.68. The second-order valence-electron chi connectivity index (χ2n) is 7.03. The zero-order valence-corrected chi connectivity index (χ0v) is 15.7. The van der Waals surface area contributed by atoms with Crippen molar-refractivity contribution < 1.29 is 33.0 Å². The fraction of sp³-hybridized carbons (Fsp3) is 0.550. The number of hydrogen-bond donors (Lipinski definition) is 0. The molecule has 0 fully saturated rings. The van der Waals surface area contributed by atoms with Crippen LogP contribution in [0.3, 0.4) is 0 Å². The van der Waals surface area contributed by atoms with E-state index in [-0.39, 0.29) is 12.3 Å². The number of furan rings is 1. The van der Waals surface area contributed by atoms with Gasteiger partial charge in [0.2, 0.25) is 0 Å². The molecule has 4 atom stereocenters. The monoisotopic (exact) mass is 376 g/mol. The molecule has 146 valence electrons. The Morgan fingerprint density at radius 1 is 1.19 bits per heavy atom. The number of fused-ring (bicyclic) bond motifs is 2. The lowest BCUT2D eigenvalue weighted by atomic mass is 9.85. The highest BCUT2D eigenvalue weighted by atomic mass is 16.6. The molecule has 2 heterocycles. The van der Waals surface area contributed by atoms with Gasteiger partial charge in [-0.05, 0) is 17.6 Å². The molecule has 0 unspecified atom stereocenters. The molecule has 1 aromatic rings. The fourth-order valence-electron chi connectivity index (χ4n) is 3.97. The van der Waals surface area contributed by atoms with E-state index >= 15 is 0 Å². The van der Waals surface area contributed by atoms with Crippen LogP contribution in [0.5, 0.6) is 0 Å². The van der Waals surface area contributed by atoms with Crippen molar-refractivity contribution in [2.24, 2.45) is 0 Å². The lowest BCUT2D eigenvalue weighted by Crippen LogP contribution is -2.41. The summed E-state index contributed by atoms with van der Waals surface area (Å²) in [5, 5.41) is 0. The maximum atomic E-state index is 11.8. The summed E-state index contributed by atoms with van der Waals surface area (Å²) in [6.07, 6.45) is 5.15. The first-order valence-corrected chi connectivity index (χ1v) is 9.19. The lowest BCUT2D eigenvalue weighted by Gasteiger charge is -2.33. The summed E-state index contributed by atoms with van der Waals surface area (Å²) in [6, 6.07) is 0. The Morgan fingerprint density at radius 2 is 1.93 bits per heavy atom. The molecule has 27 heavy (non-hydrogen) atoms. The first-order chi connectivity index (χ1) is 12.9. The summed E-state index contributed by atoms with van der Waals surface area (Å²) in [5.41, 5.74) is 2.63. The highest BCUT2D eigenvalue weighted by Gasteiger charge is 2.42. The normalized spacial score (nSPS) is 27.2. The van der Waals surface area contributed by atoms with E-state index in [1.165, 1.54) is 19.9 Å². The van der Waals surface area contributed by atoms with Gasteiger partial charge in [0, 0.05) is 44.2 Å². The number of ether oxygens (including phenoxy) is 3. The molecule has 1 aliphatic heterocycles. The van der Waals surface area contributed by atoms with Crippen LogP contribution < -0.4 is 0 Å². The number of carbonyl (C=O) groups is 3. The van der Waals surface area contributed by atoms with E-state index < -0.39 is 36.2 Å². The fourth-order valence-corrected chi connectivity index (χ4v) is 3.97. The molecule has 0 saturated carbocycles. The standard InChI is InChI=1S/C20H24O7/c1-4-5-15-16-10-24-9-14(16)6-13-7-19(23)27-17(13)8-18(25-11(2)21)20(15)26-12(3)22/h7,9-10,15,17-18,20H,4-6,8H2,1-3H3/t15-,17+,18+,20-/m0/s1. The van der Waals surface area contributed by atoms with E-state index in [4.69, 9.17) is 18.6 Å². The van der Waals surface area contributed by atoms with Gasteiger partial charge in [-0.2, -0.15) is 0 Å². The van der Waals surface area contributed by atoms with Crippen LogP contribution in [-0.2, 0) is 35.0 Å². The van der Waals surface area contributed by atoms with Gasteiger partial charge >= 0.3 is 17.9 Å². The van der Waals surface area contributed by atoms with Crippen molar-refractivity contribution >= 4 is 17.9 Å². The van der Waals surface area contributed by atoms with Crippen LogP contribution in [0.2, 0.25) is 0 Å². The summed E-state index contributed by atoms with van der Waals surface area (Å²) >= 11 is 0. The third-order valence-corrected chi connectivity index (χ3v) is 4.97. The second-order valence-corrected chi connectivity index (χ2v) is 7.03. The van der Waals surface area contributed by atoms with E-state index in [1.807, 2.05) is 6.92 Å². The minimum atomic E-state index is -0.733. The van der Waals surface area contributed by atoms with Crippen LogP contribution in [0.25, 0.3) is 0 Å². The second kappa shape index (κ2) is 7.98. The first kappa shape index (κ1) is 19.2. The minimum absolute atomic E-state index is 0.188. The average molecular weight is 376 g/mol. The van der Waals surface area contributed by atoms with Gasteiger partial charge in [0.15, 0.2) is 0 Å². The van der Waals surface area contributed by atoms with Gasteiger partial charge in [0.05, 0.1) is 12.5 Å².